The summed E-state index contributed by atoms with van der Waals surface area (Å²) < 4.78 is 11.0. The molecule has 2 aliphatic rings. The van der Waals surface area contributed by atoms with Crippen molar-refractivity contribution in [3.8, 4) is 11.1 Å². The zero-order valence-corrected chi connectivity index (χ0v) is 18.7. The molecule has 2 N–H and O–H groups in total. The van der Waals surface area contributed by atoms with Crippen molar-refractivity contribution in [3.63, 3.8) is 0 Å². The van der Waals surface area contributed by atoms with E-state index in [0.717, 1.165) is 27.2 Å². The number of benzene rings is 2. The number of nitrogens with one attached hydrogen (secondary N) is 1. The molecule has 0 radical (unpaired) electrons. The molecule has 1 saturated heterocycles. The summed E-state index contributed by atoms with van der Waals surface area (Å²) in [5.74, 6) is -1.68. The van der Waals surface area contributed by atoms with Crippen molar-refractivity contribution in [3.05, 3.63) is 59.7 Å². The summed E-state index contributed by atoms with van der Waals surface area (Å²) in [4.78, 5) is 38.6. The number of nitrogens with zero attached hydrogens (tertiary/aromatic N) is 1. The summed E-state index contributed by atoms with van der Waals surface area (Å²) in [5, 5.41) is 12.1. The van der Waals surface area contributed by atoms with Crippen molar-refractivity contribution in [1.82, 2.24) is 10.2 Å². The van der Waals surface area contributed by atoms with E-state index in [1.165, 1.54) is 14.0 Å². The molecule has 0 aromatic heterocycles. The van der Waals surface area contributed by atoms with Gasteiger partial charge in [0.15, 0.2) is 0 Å². The molecule has 0 bridgehead atoms. The molecule has 1 fully saturated rings. The number of hydrogen-bond acceptors (Lipinski definition) is 5. The Labute approximate surface area is 192 Å². The third-order valence-electron chi connectivity index (χ3n) is 6.70. The molecular formula is C25H28N2O6. The van der Waals surface area contributed by atoms with Gasteiger partial charge in [-0.3, -0.25) is 4.79 Å². The fourth-order valence-corrected chi connectivity index (χ4v) is 4.62. The summed E-state index contributed by atoms with van der Waals surface area (Å²) in [6, 6.07) is 15.1. The fraction of sp³-hybridized carbons (Fsp3) is 0.400. The van der Waals surface area contributed by atoms with Crippen molar-refractivity contribution >= 4 is 18.0 Å². The molecule has 1 unspecified atom stereocenters. The fourth-order valence-electron chi connectivity index (χ4n) is 4.62. The predicted octanol–water partition coefficient (Wildman–Crippen LogP) is 3.01. The Balaban J connectivity index is 1.49. The van der Waals surface area contributed by atoms with Gasteiger partial charge in [-0.2, -0.15) is 0 Å². The maximum atomic E-state index is 13.2. The Hall–Kier alpha value is -3.39. The monoisotopic (exact) mass is 452 g/mol. The number of amides is 2. The maximum absolute atomic E-state index is 13.2. The molecule has 1 atom stereocenters. The highest BCUT2D eigenvalue weighted by atomic mass is 16.5. The van der Waals surface area contributed by atoms with Crippen LogP contribution in [0.5, 0.6) is 0 Å². The summed E-state index contributed by atoms with van der Waals surface area (Å²) in [7, 11) is 1.43. The highest BCUT2D eigenvalue weighted by molar-refractivity contribution is 5.92. The van der Waals surface area contributed by atoms with Crippen LogP contribution in [0.4, 0.5) is 4.79 Å². The lowest BCUT2D eigenvalue weighted by Crippen LogP contribution is -2.63. The number of aliphatic carboxylic acids is 1. The standard InChI is InChI=1S/C25H28N2O6/c1-16(22(28)29)27(2)23(30)25(11-13-32-14-12-25)26-24(31)33-15-21-19-9-5-3-7-17(19)18-8-4-6-10-20(18)21/h3-10,16,21H,11-15H2,1-2H3,(H,26,31)(H,28,29). The quantitative estimate of drug-likeness (QED) is 0.698. The van der Waals surface area contributed by atoms with Crippen LogP contribution in [0.15, 0.2) is 48.5 Å². The first kappa shape index (κ1) is 22.8. The maximum Gasteiger partial charge on any atom is 0.408 e. The van der Waals surface area contributed by atoms with Crippen LogP contribution in [-0.4, -0.2) is 66.4 Å². The number of likely N-dealkylation sites (N-methyl/N-ethyl adjacent to an activating group) is 1. The van der Waals surface area contributed by atoms with Gasteiger partial charge in [-0.1, -0.05) is 48.5 Å². The molecule has 1 aliphatic carbocycles. The van der Waals surface area contributed by atoms with Gasteiger partial charge in [-0.25, -0.2) is 9.59 Å². The Bertz CT molecular complexity index is 1020. The van der Waals surface area contributed by atoms with Gasteiger partial charge in [-0.15, -0.1) is 0 Å². The second kappa shape index (κ2) is 9.23. The lowest BCUT2D eigenvalue weighted by molar-refractivity contribution is -0.153. The third kappa shape index (κ3) is 4.30. The number of carbonyl (C=O) groups excluding carboxylic acids is 2. The number of rotatable bonds is 6. The van der Waals surface area contributed by atoms with E-state index in [-0.39, 0.29) is 38.6 Å². The molecule has 1 aliphatic heterocycles. The van der Waals surface area contributed by atoms with E-state index in [0.29, 0.717) is 0 Å². The first-order chi connectivity index (χ1) is 15.8. The highest BCUT2D eigenvalue weighted by Crippen LogP contribution is 2.44. The predicted molar refractivity (Wildman–Crippen MR) is 121 cm³/mol. The average molecular weight is 453 g/mol. The number of alkyl carbamates (subject to hydrolysis) is 1. The zero-order valence-electron chi connectivity index (χ0n) is 18.7. The van der Waals surface area contributed by atoms with E-state index in [9.17, 15) is 19.5 Å². The van der Waals surface area contributed by atoms with E-state index in [4.69, 9.17) is 9.47 Å². The van der Waals surface area contributed by atoms with Crippen molar-refractivity contribution in [2.75, 3.05) is 26.9 Å². The van der Waals surface area contributed by atoms with Crippen molar-refractivity contribution in [2.24, 2.45) is 0 Å². The Morgan fingerprint density at radius 1 is 1.09 bits per heavy atom. The SMILES string of the molecule is CC(C(=O)O)N(C)C(=O)C1(NC(=O)OCC2c3ccccc3-c3ccccc32)CCOCC1. The Kier molecular flexibility index (Phi) is 6.37. The van der Waals surface area contributed by atoms with Gasteiger partial charge in [0, 0.05) is 39.0 Å². The van der Waals surface area contributed by atoms with Crippen molar-refractivity contribution in [1.29, 1.82) is 0 Å². The van der Waals surface area contributed by atoms with E-state index < -0.39 is 29.6 Å². The first-order valence-electron chi connectivity index (χ1n) is 11.0. The van der Waals surface area contributed by atoms with Crippen LogP contribution in [0, 0.1) is 0 Å². The van der Waals surface area contributed by atoms with Gasteiger partial charge in [0.2, 0.25) is 5.91 Å². The van der Waals surface area contributed by atoms with Gasteiger partial charge >= 0.3 is 12.1 Å². The van der Waals surface area contributed by atoms with E-state index in [1.807, 2.05) is 36.4 Å². The average Bonchev–Trinajstić information content (AvgIpc) is 3.15. The Morgan fingerprint density at radius 2 is 1.64 bits per heavy atom. The second-order valence-corrected chi connectivity index (χ2v) is 8.58. The minimum Gasteiger partial charge on any atom is -0.480 e. The minimum absolute atomic E-state index is 0.0980. The number of carbonyl (C=O) groups is 3. The number of carboxylic acids is 1. The number of fused-ring (bicyclic) bond motifs is 3. The molecule has 8 heteroatoms. The van der Waals surface area contributed by atoms with E-state index in [2.05, 4.69) is 17.4 Å². The van der Waals surface area contributed by atoms with Crippen LogP contribution >= 0.6 is 0 Å². The lowest BCUT2D eigenvalue weighted by atomic mass is 9.88. The molecular weight excluding hydrogens is 424 g/mol. The third-order valence-corrected chi connectivity index (χ3v) is 6.70. The molecule has 0 spiro atoms. The molecule has 8 nitrogen and oxygen atoms in total. The molecule has 2 amide bonds. The summed E-state index contributed by atoms with van der Waals surface area (Å²) in [5.41, 5.74) is 3.18. The summed E-state index contributed by atoms with van der Waals surface area (Å²) in [6.45, 7) is 2.12. The van der Waals surface area contributed by atoms with Crippen LogP contribution < -0.4 is 5.32 Å². The van der Waals surface area contributed by atoms with Gasteiger partial charge in [0.1, 0.15) is 18.2 Å². The molecule has 2 aromatic rings. The van der Waals surface area contributed by atoms with Crippen LogP contribution in [0.1, 0.15) is 36.8 Å². The molecule has 4 rings (SSSR count). The normalized spacial score (nSPS) is 17.4. The van der Waals surface area contributed by atoms with Crippen molar-refractivity contribution in [2.45, 2.75) is 37.3 Å². The highest BCUT2D eigenvalue weighted by Gasteiger charge is 2.45. The largest absolute Gasteiger partial charge is 0.480 e. The molecule has 0 saturated carbocycles. The molecule has 174 valence electrons. The van der Waals surface area contributed by atoms with Crippen LogP contribution in [0.3, 0.4) is 0 Å². The summed E-state index contributed by atoms with van der Waals surface area (Å²) in [6.07, 6.45) is -0.220. The lowest BCUT2D eigenvalue weighted by Gasteiger charge is -2.39. The minimum atomic E-state index is -1.26. The van der Waals surface area contributed by atoms with Crippen LogP contribution in [-0.2, 0) is 19.1 Å². The number of ether oxygens (including phenoxy) is 2. The second-order valence-electron chi connectivity index (χ2n) is 8.58. The number of carboxylic acid groups (broad SMARTS) is 1. The molecule has 1 heterocycles. The Morgan fingerprint density at radius 3 is 2.18 bits per heavy atom. The van der Waals surface area contributed by atoms with Crippen molar-refractivity contribution < 1.29 is 29.0 Å². The van der Waals surface area contributed by atoms with Crippen LogP contribution in [0.2, 0.25) is 0 Å². The van der Waals surface area contributed by atoms with E-state index >= 15 is 0 Å². The first-order valence-corrected chi connectivity index (χ1v) is 11.0. The molecule has 33 heavy (non-hydrogen) atoms. The summed E-state index contributed by atoms with van der Waals surface area (Å²) >= 11 is 0. The topological polar surface area (TPSA) is 105 Å². The van der Waals surface area contributed by atoms with Gasteiger partial charge in [0.25, 0.3) is 0 Å². The van der Waals surface area contributed by atoms with E-state index in [1.54, 1.807) is 0 Å². The van der Waals surface area contributed by atoms with Crippen LogP contribution in [0.25, 0.3) is 11.1 Å². The number of hydrogen-bond donors (Lipinski definition) is 2. The zero-order chi connectivity index (χ0) is 23.6. The molecule has 2 aromatic carbocycles. The van der Waals surface area contributed by atoms with Gasteiger partial charge < -0.3 is 24.8 Å². The van der Waals surface area contributed by atoms with Gasteiger partial charge in [-0.05, 0) is 29.2 Å². The smallest absolute Gasteiger partial charge is 0.408 e. The van der Waals surface area contributed by atoms with Gasteiger partial charge in [0.05, 0.1) is 0 Å².